The molecule has 0 aliphatic carbocycles. The van der Waals surface area contributed by atoms with Crippen molar-refractivity contribution in [3.05, 3.63) is 213 Å². The highest BCUT2D eigenvalue weighted by Gasteiger charge is 2.16. The Labute approximate surface area is 311 Å². The number of halogens is 3. The molecule has 250 valence electrons. The molecule has 0 heterocycles. The van der Waals surface area contributed by atoms with Crippen LogP contribution in [0.25, 0.3) is 0 Å². The first-order valence-electron chi connectivity index (χ1n) is 16.5. The minimum absolute atomic E-state index is 0.190. The summed E-state index contributed by atoms with van der Waals surface area (Å²) in [5, 5.41) is 6.25. The van der Waals surface area contributed by atoms with E-state index in [1.165, 1.54) is 33.4 Å². The number of aliphatic imine (C=N–C) groups is 1. The van der Waals surface area contributed by atoms with E-state index in [0.717, 1.165) is 34.1 Å². The zero-order chi connectivity index (χ0) is 34.7. The standard InChI is InChI=1S/C22H22ClN.C15H15N.C7H6BrCl/c1-17(16-18-12-14-21(23)15-13-18)24-22(19-8-4-2-5-9-19)20-10-6-3-7-11-20;1-2-16-15(13-9-5-3-6-10-13)14-11-7-4-8-12-14;8-5-6-1-3-7(9)4-2-6/h2-15,17,22,24H,16H2,1H3;3-12H,2H2,1H3;1-4H,5H2. The molecule has 1 unspecified atom stereocenters. The van der Waals surface area contributed by atoms with E-state index in [1.54, 1.807) is 0 Å². The Balaban J connectivity index is 0.000000185. The molecule has 0 aliphatic rings. The van der Waals surface area contributed by atoms with Crippen LogP contribution in [-0.4, -0.2) is 18.3 Å². The first-order valence-corrected chi connectivity index (χ1v) is 18.4. The third-order valence-electron chi connectivity index (χ3n) is 7.65. The molecule has 49 heavy (non-hydrogen) atoms. The third kappa shape index (κ3) is 13.1. The third-order valence-corrected chi connectivity index (χ3v) is 8.80. The van der Waals surface area contributed by atoms with Gasteiger partial charge in [0.15, 0.2) is 0 Å². The predicted molar refractivity (Wildman–Crippen MR) is 216 cm³/mol. The first-order chi connectivity index (χ1) is 24.0. The summed E-state index contributed by atoms with van der Waals surface area (Å²) in [6.45, 7) is 5.10. The van der Waals surface area contributed by atoms with Crippen molar-refractivity contribution in [3.8, 4) is 0 Å². The summed E-state index contributed by atoms with van der Waals surface area (Å²) in [7, 11) is 0. The van der Waals surface area contributed by atoms with E-state index in [2.05, 4.69) is 137 Å². The summed E-state index contributed by atoms with van der Waals surface area (Å²) in [4.78, 5) is 4.58. The monoisotopic (exact) mass is 748 g/mol. The van der Waals surface area contributed by atoms with Gasteiger partial charge in [0.1, 0.15) is 0 Å². The van der Waals surface area contributed by atoms with Crippen molar-refractivity contribution in [2.45, 2.75) is 37.7 Å². The number of rotatable bonds is 10. The van der Waals surface area contributed by atoms with Gasteiger partial charge in [0.05, 0.1) is 11.8 Å². The summed E-state index contributed by atoms with van der Waals surface area (Å²) >= 11 is 15.0. The van der Waals surface area contributed by atoms with E-state index >= 15 is 0 Å². The van der Waals surface area contributed by atoms with Crippen molar-refractivity contribution < 1.29 is 0 Å². The van der Waals surface area contributed by atoms with Gasteiger partial charge in [-0.05, 0) is 66.8 Å². The molecule has 0 bridgehead atoms. The quantitative estimate of drug-likeness (QED) is 0.109. The molecule has 1 N–H and O–H groups in total. The number of nitrogens with one attached hydrogen (secondary N) is 1. The fourth-order valence-corrected chi connectivity index (χ4v) is 5.89. The summed E-state index contributed by atoms with van der Waals surface area (Å²) in [5.74, 6) is 0. The lowest BCUT2D eigenvalue weighted by Gasteiger charge is -2.24. The van der Waals surface area contributed by atoms with Crippen molar-refractivity contribution in [2.75, 3.05) is 6.54 Å². The fourth-order valence-electron chi connectivity index (χ4n) is 5.27. The van der Waals surface area contributed by atoms with Crippen LogP contribution in [0.1, 0.15) is 53.3 Å². The largest absolute Gasteiger partial charge is 0.303 e. The Bertz CT molecular complexity index is 1700. The van der Waals surface area contributed by atoms with Gasteiger partial charge in [0.2, 0.25) is 0 Å². The van der Waals surface area contributed by atoms with Crippen LogP contribution in [-0.2, 0) is 11.8 Å². The van der Waals surface area contributed by atoms with Gasteiger partial charge in [-0.15, -0.1) is 0 Å². The van der Waals surface area contributed by atoms with Gasteiger partial charge in [0.25, 0.3) is 0 Å². The zero-order valence-electron chi connectivity index (χ0n) is 28.0. The molecule has 1 atom stereocenters. The maximum atomic E-state index is 5.98. The molecule has 0 spiro atoms. The molecule has 6 rings (SSSR count). The van der Waals surface area contributed by atoms with E-state index in [4.69, 9.17) is 23.2 Å². The molecule has 0 fully saturated rings. The molecule has 0 saturated heterocycles. The van der Waals surface area contributed by atoms with Crippen LogP contribution >= 0.6 is 39.1 Å². The van der Waals surface area contributed by atoms with E-state index in [1.807, 2.05) is 72.8 Å². The van der Waals surface area contributed by atoms with Crippen molar-refractivity contribution in [2.24, 2.45) is 4.99 Å². The second kappa shape index (κ2) is 21.2. The lowest BCUT2D eigenvalue weighted by Crippen LogP contribution is -2.32. The van der Waals surface area contributed by atoms with Gasteiger partial charge in [0, 0.05) is 39.1 Å². The van der Waals surface area contributed by atoms with E-state index in [0.29, 0.717) is 6.04 Å². The molecular formula is C44H43BrCl2N2. The Kier molecular flexibility index (Phi) is 16.3. The van der Waals surface area contributed by atoms with Crippen LogP contribution in [0.4, 0.5) is 0 Å². The molecule has 0 saturated carbocycles. The van der Waals surface area contributed by atoms with E-state index in [9.17, 15) is 0 Å². The fraction of sp³-hybridized carbons (Fsp3) is 0.159. The van der Waals surface area contributed by atoms with Crippen LogP contribution in [0.15, 0.2) is 175 Å². The van der Waals surface area contributed by atoms with Gasteiger partial charge in [-0.3, -0.25) is 4.99 Å². The smallest absolute Gasteiger partial charge is 0.0718 e. The van der Waals surface area contributed by atoms with E-state index in [-0.39, 0.29) is 6.04 Å². The molecule has 0 amide bonds. The van der Waals surface area contributed by atoms with Crippen LogP contribution in [0.2, 0.25) is 10.0 Å². The summed E-state index contributed by atoms with van der Waals surface area (Å²) < 4.78 is 0. The number of nitrogens with zero attached hydrogens (tertiary/aromatic N) is 1. The topological polar surface area (TPSA) is 24.4 Å². The molecule has 6 aromatic rings. The zero-order valence-corrected chi connectivity index (χ0v) is 31.1. The van der Waals surface area contributed by atoms with E-state index < -0.39 is 0 Å². The van der Waals surface area contributed by atoms with Crippen molar-refractivity contribution in [3.63, 3.8) is 0 Å². The highest BCUT2D eigenvalue weighted by Crippen LogP contribution is 2.23. The molecular weight excluding hydrogens is 707 g/mol. The molecule has 0 aliphatic heterocycles. The van der Waals surface area contributed by atoms with Gasteiger partial charge in [-0.25, -0.2) is 0 Å². The second-order valence-corrected chi connectivity index (χ2v) is 12.9. The maximum absolute atomic E-state index is 5.98. The summed E-state index contributed by atoms with van der Waals surface area (Å²) in [6.07, 6.45) is 0.966. The number of hydrogen-bond acceptors (Lipinski definition) is 2. The Hall–Kier alpha value is -3.99. The Morgan fingerprint density at radius 2 is 0.959 bits per heavy atom. The minimum Gasteiger partial charge on any atom is -0.303 e. The van der Waals surface area contributed by atoms with Gasteiger partial charge in [-0.2, -0.15) is 0 Å². The molecule has 5 heteroatoms. The highest BCUT2D eigenvalue weighted by atomic mass is 79.9. The van der Waals surface area contributed by atoms with Crippen LogP contribution in [0, 0.1) is 0 Å². The van der Waals surface area contributed by atoms with Crippen molar-refractivity contribution in [1.29, 1.82) is 0 Å². The minimum atomic E-state index is 0.190. The normalized spacial score (nSPS) is 11.0. The lowest BCUT2D eigenvalue weighted by atomic mass is 9.97. The molecule has 0 aromatic heterocycles. The van der Waals surface area contributed by atoms with Gasteiger partial charge in [-0.1, -0.05) is 185 Å². The SMILES string of the molecule is CC(Cc1ccc(Cl)cc1)NC(c1ccccc1)c1ccccc1.CCN=C(c1ccccc1)c1ccccc1.Clc1ccc(CBr)cc1. The average molecular weight is 751 g/mol. The van der Waals surface area contributed by atoms with Crippen molar-refractivity contribution >= 4 is 44.8 Å². The Morgan fingerprint density at radius 3 is 1.35 bits per heavy atom. The maximum Gasteiger partial charge on any atom is 0.0718 e. The van der Waals surface area contributed by atoms with Crippen LogP contribution < -0.4 is 5.32 Å². The Morgan fingerprint density at radius 1 is 0.571 bits per heavy atom. The van der Waals surface area contributed by atoms with Crippen LogP contribution in [0.3, 0.4) is 0 Å². The molecule has 6 aromatic carbocycles. The predicted octanol–water partition coefficient (Wildman–Crippen LogP) is 12.4. The van der Waals surface area contributed by atoms with Gasteiger partial charge >= 0.3 is 0 Å². The van der Waals surface area contributed by atoms with Crippen LogP contribution in [0.5, 0.6) is 0 Å². The number of benzene rings is 6. The lowest BCUT2D eigenvalue weighted by molar-refractivity contribution is 0.496. The van der Waals surface area contributed by atoms with Crippen molar-refractivity contribution in [1.82, 2.24) is 5.32 Å². The molecule has 2 nitrogen and oxygen atoms in total. The highest BCUT2D eigenvalue weighted by molar-refractivity contribution is 9.08. The van der Waals surface area contributed by atoms with Gasteiger partial charge < -0.3 is 5.32 Å². The average Bonchev–Trinajstić information content (AvgIpc) is 3.16. The number of alkyl halides is 1. The first kappa shape index (κ1) is 37.8. The summed E-state index contributed by atoms with van der Waals surface area (Å²) in [6, 6.07) is 58.2. The second-order valence-electron chi connectivity index (χ2n) is 11.5. The number of hydrogen-bond donors (Lipinski definition) is 1. The molecule has 0 radical (unpaired) electrons. The summed E-state index contributed by atoms with van der Waals surface area (Å²) in [5.41, 5.74) is 8.53.